The maximum absolute atomic E-state index is 5.31. The van der Waals surface area contributed by atoms with Crippen molar-refractivity contribution in [2.75, 3.05) is 36.5 Å². The van der Waals surface area contributed by atoms with E-state index in [1.807, 2.05) is 12.1 Å². The van der Waals surface area contributed by atoms with E-state index in [0.29, 0.717) is 12.5 Å². The lowest BCUT2D eigenvalue weighted by molar-refractivity contribution is 0.122. The number of ether oxygens (including phenoxy) is 1. The summed E-state index contributed by atoms with van der Waals surface area (Å²) in [6, 6.07) is 3.74. The SMILES string of the molecule is c1coc(CNc2nncc(N3CCOCC3)n2)c1. The molecule has 1 aliphatic heterocycles. The molecule has 1 aliphatic rings. The molecule has 3 rings (SSSR count). The smallest absolute Gasteiger partial charge is 0.245 e. The summed E-state index contributed by atoms with van der Waals surface area (Å²) in [6.45, 7) is 3.65. The minimum Gasteiger partial charge on any atom is -0.467 e. The third kappa shape index (κ3) is 3.00. The topological polar surface area (TPSA) is 76.3 Å². The van der Waals surface area contributed by atoms with Gasteiger partial charge in [0.2, 0.25) is 5.95 Å². The van der Waals surface area contributed by atoms with Crippen LogP contribution in [0.1, 0.15) is 5.76 Å². The molecule has 1 saturated heterocycles. The van der Waals surface area contributed by atoms with Crippen LogP contribution in [-0.4, -0.2) is 41.5 Å². The van der Waals surface area contributed by atoms with Crippen molar-refractivity contribution in [3.8, 4) is 0 Å². The predicted octanol–water partition coefficient (Wildman–Crippen LogP) is 0.913. The van der Waals surface area contributed by atoms with Crippen LogP contribution in [0.5, 0.6) is 0 Å². The monoisotopic (exact) mass is 261 g/mol. The highest BCUT2D eigenvalue weighted by Gasteiger charge is 2.13. The highest BCUT2D eigenvalue weighted by atomic mass is 16.5. The van der Waals surface area contributed by atoms with E-state index in [0.717, 1.165) is 37.9 Å². The quantitative estimate of drug-likeness (QED) is 0.876. The average Bonchev–Trinajstić information content (AvgIpc) is 3.00. The Hall–Kier alpha value is -2.15. The minimum atomic E-state index is 0.500. The van der Waals surface area contributed by atoms with Crippen LogP contribution < -0.4 is 10.2 Å². The molecule has 3 heterocycles. The van der Waals surface area contributed by atoms with Crippen molar-refractivity contribution in [2.24, 2.45) is 0 Å². The second kappa shape index (κ2) is 5.66. The first-order valence-electron chi connectivity index (χ1n) is 6.20. The van der Waals surface area contributed by atoms with Crippen LogP contribution in [0.2, 0.25) is 0 Å². The van der Waals surface area contributed by atoms with Gasteiger partial charge in [0, 0.05) is 13.1 Å². The van der Waals surface area contributed by atoms with Crippen LogP contribution in [-0.2, 0) is 11.3 Å². The van der Waals surface area contributed by atoms with Crippen molar-refractivity contribution in [3.63, 3.8) is 0 Å². The first-order chi connectivity index (χ1) is 9.42. The Morgan fingerprint density at radius 3 is 3.00 bits per heavy atom. The fourth-order valence-electron chi connectivity index (χ4n) is 1.89. The third-order valence-electron chi connectivity index (χ3n) is 2.88. The predicted molar refractivity (Wildman–Crippen MR) is 68.9 cm³/mol. The van der Waals surface area contributed by atoms with Crippen LogP contribution in [0.15, 0.2) is 29.0 Å². The molecule has 0 spiro atoms. The molecular formula is C12H15N5O2. The Labute approximate surface area is 110 Å². The average molecular weight is 261 g/mol. The van der Waals surface area contributed by atoms with E-state index in [4.69, 9.17) is 9.15 Å². The van der Waals surface area contributed by atoms with Crippen molar-refractivity contribution in [3.05, 3.63) is 30.4 Å². The number of hydrogen-bond donors (Lipinski definition) is 1. The van der Waals surface area contributed by atoms with E-state index in [2.05, 4.69) is 25.4 Å². The van der Waals surface area contributed by atoms with Crippen molar-refractivity contribution >= 4 is 11.8 Å². The Morgan fingerprint density at radius 1 is 1.32 bits per heavy atom. The van der Waals surface area contributed by atoms with E-state index in [1.54, 1.807) is 12.5 Å². The van der Waals surface area contributed by atoms with Gasteiger partial charge in [-0.25, -0.2) is 0 Å². The third-order valence-corrected chi connectivity index (χ3v) is 2.88. The number of rotatable bonds is 4. The molecule has 0 saturated carbocycles. The highest BCUT2D eigenvalue weighted by Crippen LogP contribution is 2.13. The molecule has 7 heteroatoms. The van der Waals surface area contributed by atoms with Crippen molar-refractivity contribution in [1.82, 2.24) is 15.2 Å². The number of nitrogens with zero attached hydrogens (tertiary/aromatic N) is 4. The number of hydrogen-bond acceptors (Lipinski definition) is 7. The summed E-state index contributed by atoms with van der Waals surface area (Å²) in [7, 11) is 0. The largest absolute Gasteiger partial charge is 0.467 e. The Kier molecular flexibility index (Phi) is 3.55. The van der Waals surface area contributed by atoms with Gasteiger partial charge in [-0.15, -0.1) is 5.10 Å². The maximum atomic E-state index is 5.31. The van der Waals surface area contributed by atoms with Gasteiger partial charge in [-0.2, -0.15) is 10.1 Å². The summed E-state index contributed by atoms with van der Waals surface area (Å²) >= 11 is 0. The lowest BCUT2D eigenvalue weighted by atomic mass is 10.4. The Bertz CT molecular complexity index is 511. The van der Waals surface area contributed by atoms with Crippen molar-refractivity contribution < 1.29 is 9.15 Å². The van der Waals surface area contributed by atoms with Crippen LogP contribution in [0, 0.1) is 0 Å². The second-order valence-electron chi connectivity index (χ2n) is 4.17. The fourth-order valence-corrected chi connectivity index (χ4v) is 1.89. The lowest BCUT2D eigenvalue weighted by Gasteiger charge is -2.27. The zero-order valence-corrected chi connectivity index (χ0v) is 10.5. The van der Waals surface area contributed by atoms with Crippen molar-refractivity contribution in [1.29, 1.82) is 0 Å². The van der Waals surface area contributed by atoms with Crippen LogP contribution in [0.25, 0.3) is 0 Å². The number of anilines is 2. The van der Waals surface area contributed by atoms with E-state index < -0.39 is 0 Å². The zero-order valence-electron chi connectivity index (χ0n) is 10.5. The first-order valence-corrected chi connectivity index (χ1v) is 6.20. The molecule has 0 radical (unpaired) electrons. The molecule has 0 aromatic carbocycles. The summed E-state index contributed by atoms with van der Waals surface area (Å²) in [4.78, 5) is 6.58. The molecule has 1 fully saturated rings. The van der Waals surface area contributed by atoms with Gasteiger partial charge in [-0.05, 0) is 12.1 Å². The van der Waals surface area contributed by atoms with E-state index in [-0.39, 0.29) is 0 Å². The summed E-state index contributed by atoms with van der Waals surface area (Å²) < 4.78 is 10.6. The summed E-state index contributed by atoms with van der Waals surface area (Å²) in [5.41, 5.74) is 0. The Balaban J connectivity index is 1.65. The van der Waals surface area contributed by atoms with Gasteiger partial charge in [0.1, 0.15) is 5.76 Å². The second-order valence-corrected chi connectivity index (χ2v) is 4.17. The minimum absolute atomic E-state index is 0.500. The van der Waals surface area contributed by atoms with Crippen molar-refractivity contribution in [2.45, 2.75) is 6.54 Å². The van der Waals surface area contributed by atoms with Crippen LogP contribution in [0.3, 0.4) is 0 Å². The molecule has 7 nitrogen and oxygen atoms in total. The molecule has 1 N–H and O–H groups in total. The van der Waals surface area contributed by atoms with Gasteiger partial charge < -0.3 is 19.4 Å². The van der Waals surface area contributed by atoms with E-state index >= 15 is 0 Å². The van der Waals surface area contributed by atoms with Crippen LogP contribution in [0.4, 0.5) is 11.8 Å². The summed E-state index contributed by atoms with van der Waals surface area (Å²) in [5.74, 6) is 2.15. The molecular weight excluding hydrogens is 246 g/mol. The molecule has 0 aliphatic carbocycles. The first kappa shape index (κ1) is 11.9. The standard InChI is InChI=1S/C12H15N5O2/c1-2-10(19-5-1)8-13-12-15-11(9-14-16-12)17-3-6-18-7-4-17/h1-2,5,9H,3-4,6-8H2,(H,13,15,16). The lowest BCUT2D eigenvalue weighted by Crippen LogP contribution is -2.37. The van der Waals surface area contributed by atoms with Gasteiger partial charge in [-0.3, -0.25) is 0 Å². The summed E-state index contributed by atoms with van der Waals surface area (Å²) in [5, 5.41) is 11.0. The van der Waals surface area contributed by atoms with Gasteiger partial charge in [-0.1, -0.05) is 0 Å². The molecule has 2 aromatic heterocycles. The molecule has 100 valence electrons. The van der Waals surface area contributed by atoms with Crippen LogP contribution >= 0.6 is 0 Å². The number of nitrogens with one attached hydrogen (secondary N) is 1. The number of morpholine rings is 1. The van der Waals surface area contributed by atoms with Gasteiger partial charge in [0.15, 0.2) is 5.82 Å². The van der Waals surface area contributed by atoms with E-state index in [9.17, 15) is 0 Å². The normalized spacial score (nSPS) is 15.5. The molecule has 0 atom stereocenters. The molecule has 0 unspecified atom stereocenters. The molecule has 0 amide bonds. The summed E-state index contributed by atoms with van der Waals surface area (Å²) in [6.07, 6.45) is 3.31. The highest BCUT2D eigenvalue weighted by molar-refractivity contribution is 5.40. The zero-order chi connectivity index (χ0) is 12.9. The number of furan rings is 1. The number of aromatic nitrogens is 3. The molecule has 19 heavy (non-hydrogen) atoms. The molecule has 2 aromatic rings. The van der Waals surface area contributed by atoms with Gasteiger partial charge in [0.25, 0.3) is 0 Å². The maximum Gasteiger partial charge on any atom is 0.245 e. The Morgan fingerprint density at radius 2 is 2.21 bits per heavy atom. The van der Waals surface area contributed by atoms with Gasteiger partial charge >= 0.3 is 0 Å². The van der Waals surface area contributed by atoms with Gasteiger partial charge in [0.05, 0.1) is 32.2 Å². The molecule has 0 bridgehead atoms. The fraction of sp³-hybridized carbons (Fsp3) is 0.417. The van der Waals surface area contributed by atoms with E-state index in [1.165, 1.54) is 0 Å².